The summed E-state index contributed by atoms with van der Waals surface area (Å²) in [5.41, 5.74) is 0. The Morgan fingerprint density at radius 2 is 2.20 bits per heavy atom. The Morgan fingerprint density at radius 1 is 1.50 bits per heavy atom. The largest absolute Gasteiger partial charge is 0.383 e. The first-order chi connectivity index (χ1) is 4.81. The third kappa shape index (κ3) is 5.72. The highest BCUT2D eigenvalue weighted by Gasteiger charge is 1.93. The van der Waals surface area contributed by atoms with Crippen molar-refractivity contribution in [2.24, 2.45) is 0 Å². The highest BCUT2D eigenvalue weighted by atomic mass is 16.5. The van der Waals surface area contributed by atoms with E-state index in [1.54, 1.807) is 7.11 Å². The zero-order valence-corrected chi connectivity index (χ0v) is 6.76. The van der Waals surface area contributed by atoms with Crippen molar-refractivity contribution in [2.75, 3.05) is 33.9 Å². The van der Waals surface area contributed by atoms with E-state index in [0.29, 0.717) is 0 Å². The normalized spacial score (nSPS) is 10.3. The second-order valence-electron chi connectivity index (χ2n) is 2.29. The van der Waals surface area contributed by atoms with Crippen LogP contribution in [0, 0.1) is 5.41 Å². The van der Waals surface area contributed by atoms with Crippen molar-refractivity contribution in [1.29, 1.82) is 5.41 Å². The molecule has 0 heterocycles. The first-order valence-electron chi connectivity index (χ1n) is 3.47. The van der Waals surface area contributed by atoms with Crippen molar-refractivity contribution in [3.8, 4) is 0 Å². The Morgan fingerprint density at radius 3 is 2.70 bits per heavy atom. The number of nitrogens with one attached hydrogen (secondary N) is 1. The zero-order chi connectivity index (χ0) is 7.82. The lowest BCUT2D eigenvalue weighted by molar-refractivity contribution is 0.163. The van der Waals surface area contributed by atoms with E-state index >= 15 is 0 Å². The van der Waals surface area contributed by atoms with E-state index in [2.05, 4.69) is 4.90 Å². The molecule has 3 nitrogen and oxygen atoms in total. The fraction of sp³-hybridized carbons (Fsp3) is 0.857. The third-order valence-corrected chi connectivity index (χ3v) is 1.33. The van der Waals surface area contributed by atoms with E-state index < -0.39 is 0 Å². The van der Waals surface area contributed by atoms with Crippen LogP contribution in [-0.4, -0.2) is 45.0 Å². The maximum absolute atomic E-state index is 6.79. The van der Waals surface area contributed by atoms with Crippen molar-refractivity contribution >= 4 is 6.21 Å². The van der Waals surface area contributed by atoms with Gasteiger partial charge >= 0.3 is 0 Å². The van der Waals surface area contributed by atoms with Crippen LogP contribution in [0.15, 0.2) is 0 Å². The summed E-state index contributed by atoms with van der Waals surface area (Å²) in [6.45, 7) is 2.67. The molecule has 0 radical (unpaired) electrons. The Kier molecular flexibility index (Phi) is 6.43. The number of nitrogens with zero attached hydrogens (tertiary/aromatic N) is 1. The summed E-state index contributed by atoms with van der Waals surface area (Å²) in [5, 5.41) is 6.79. The van der Waals surface area contributed by atoms with Crippen molar-refractivity contribution in [1.82, 2.24) is 4.90 Å². The van der Waals surface area contributed by atoms with Crippen LogP contribution < -0.4 is 0 Å². The van der Waals surface area contributed by atoms with Crippen molar-refractivity contribution < 1.29 is 4.74 Å². The maximum atomic E-state index is 6.79. The summed E-state index contributed by atoms with van der Waals surface area (Å²) in [6.07, 6.45) is 2.27. The van der Waals surface area contributed by atoms with Gasteiger partial charge in [-0.1, -0.05) is 0 Å². The van der Waals surface area contributed by atoms with Crippen molar-refractivity contribution in [3.05, 3.63) is 0 Å². The summed E-state index contributed by atoms with van der Waals surface area (Å²) in [4.78, 5) is 2.15. The molecule has 3 heteroatoms. The van der Waals surface area contributed by atoms with E-state index in [1.165, 1.54) is 6.21 Å². The van der Waals surface area contributed by atoms with Gasteiger partial charge in [0.15, 0.2) is 0 Å². The molecule has 0 spiro atoms. The van der Waals surface area contributed by atoms with Gasteiger partial charge in [-0.15, -0.1) is 0 Å². The number of ether oxygens (including phenoxy) is 1. The van der Waals surface area contributed by atoms with Crippen LogP contribution in [0.25, 0.3) is 0 Å². The van der Waals surface area contributed by atoms with Gasteiger partial charge in [-0.25, -0.2) is 0 Å². The van der Waals surface area contributed by atoms with Crippen LogP contribution in [0.5, 0.6) is 0 Å². The summed E-state index contributed by atoms with van der Waals surface area (Å²) >= 11 is 0. The van der Waals surface area contributed by atoms with Gasteiger partial charge in [-0.3, -0.25) is 0 Å². The molecule has 1 N–H and O–H groups in total. The molecule has 60 valence electrons. The van der Waals surface area contributed by atoms with Gasteiger partial charge in [0.1, 0.15) is 0 Å². The molecule has 0 bridgehead atoms. The molecule has 0 aromatic heterocycles. The van der Waals surface area contributed by atoms with Crippen LogP contribution in [-0.2, 0) is 4.74 Å². The summed E-state index contributed by atoms with van der Waals surface area (Å²) < 4.78 is 4.89. The van der Waals surface area contributed by atoms with Crippen LogP contribution >= 0.6 is 0 Å². The lowest BCUT2D eigenvalue weighted by Crippen LogP contribution is -2.23. The molecule has 0 aliphatic heterocycles. The van der Waals surface area contributed by atoms with Crippen LogP contribution in [0.4, 0.5) is 0 Å². The van der Waals surface area contributed by atoms with E-state index in [-0.39, 0.29) is 0 Å². The number of hydrogen-bond acceptors (Lipinski definition) is 3. The molecule has 0 fully saturated rings. The molecular weight excluding hydrogens is 128 g/mol. The predicted molar refractivity (Wildman–Crippen MR) is 42.8 cm³/mol. The summed E-state index contributed by atoms with van der Waals surface area (Å²) in [7, 11) is 3.73. The Labute approximate surface area is 62.5 Å². The van der Waals surface area contributed by atoms with E-state index in [1.807, 2.05) is 7.05 Å². The molecular formula is C7H16N2O. The van der Waals surface area contributed by atoms with E-state index in [4.69, 9.17) is 10.1 Å². The van der Waals surface area contributed by atoms with Gasteiger partial charge in [-0.05, 0) is 19.7 Å². The van der Waals surface area contributed by atoms with Gasteiger partial charge in [0.05, 0.1) is 6.61 Å². The Bertz CT molecular complexity index is 85.7. The molecule has 0 saturated heterocycles. The zero-order valence-electron chi connectivity index (χ0n) is 6.76. The molecule has 0 saturated carbocycles. The number of rotatable bonds is 6. The van der Waals surface area contributed by atoms with Gasteiger partial charge in [0.2, 0.25) is 0 Å². The fourth-order valence-electron chi connectivity index (χ4n) is 0.644. The van der Waals surface area contributed by atoms with Gasteiger partial charge < -0.3 is 15.0 Å². The van der Waals surface area contributed by atoms with Crippen LogP contribution in [0.1, 0.15) is 6.42 Å². The molecule has 0 aromatic rings. The second-order valence-corrected chi connectivity index (χ2v) is 2.29. The van der Waals surface area contributed by atoms with Gasteiger partial charge in [-0.2, -0.15) is 0 Å². The number of likely N-dealkylation sites (N-methyl/N-ethyl adjacent to an activating group) is 1. The summed E-state index contributed by atoms with van der Waals surface area (Å²) in [5.74, 6) is 0. The molecule has 0 aliphatic rings. The smallest absolute Gasteiger partial charge is 0.0589 e. The molecule has 0 atom stereocenters. The first kappa shape index (κ1) is 9.59. The van der Waals surface area contributed by atoms with Gasteiger partial charge in [0, 0.05) is 20.2 Å². The lowest BCUT2D eigenvalue weighted by atomic mass is 10.4. The number of methoxy groups -OCH3 is 1. The lowest BCUT2D eigenvalue weighted by Gasteiger charge is -2.13. The minimum atomic E-state index is 0.772. The Balaban J connectivity index is 3.07. The molecule has 0 unspecified atom stereocenters. The highest BCUT2D eigenvalue weighted by Crippen LogP contribution is 1.83. The maximum Gasteiger partial charge on any atom is 0.0589 e. The quantitative estimate of drug-likeness (QED) is 0.554. The average molecular weight is 144 g/mol. The first-order valence-corrected chi connectivity index (χ1v) is 3.47. The second kappa shape index (κ2) is 6.71. The van der Waals surface area contributed by atoms with Crippen molar-refractivity contribution in [3.63, 3.8) is 0 Å². The Hall–Kier alpha value is -0.410. The number of hydrogen-bond donors (Lipinski definition) is 1. The van der Waals surface area contributed by atoms with Crippen molar-refractivity contribution in [2.45, 2.75) is 6.42 Å². The van der Waals surface area contributed by atoms with Crippen LogP contribution in [0.3, 0.4) is 0 Å². The minimum Gasteiger partial charge on any atom is -0.383 e. The minimum absolute atomic E-state index is 0.772. The summed E-state index contributed by atoms with van der Waals surface area (Å²) in [6, 6.07) is 0. The van der Waals surface area contributed by atoms with E-state index in [0.717, 1.165) is 26.1 Å². The van der Waals surface area contributed by atoms with Gasteiger partial charge in [0.25, 0.3) is 0 Å². The molecule has 0 rings (SSSR count). The predicted octanol–water partition coefficient (Wildman–Crippen LogP) is 0.604. The van der Waals surface area contributed by atoms with E-state index in [9.17, 15) is 0 Å². The molecule has 10 heavy (non-hydrogen) atoms. The molecule has 0 aliphatic carbocycles. The monoisotopic (exact) mass is 144 g/mol. The average Bonchev–Trinajstić information content (AvgIpc) is 1.97. The fourth-order valence-corrected chi connectivity index (χ4v) is 0.644. The molecule has 0 amide bonds. The standard InChI is InChI=1S/C7H16N2O/c1-9(5-3-4-8)6-7-10-2/h4,8H,3,5-7H2,1-2H3. The third-order valence-electron chi connectivity index (χ3n) is 1.33. The topological polar surface area (TPSA) is 36.3 Å². The molecule has 0 aromatic carbocycles. The SMILES string of the molecule is COCCN(C)CCC=N. The highest BCUT2D eigenvalue weighted by molar-refractivity contribution is 5.52. The van der Waals surface area contributed by atoms with Crippen LogP contribution in [0.2, 0.25) is 0 Å².